The van der Waals surface area contributed by atoms with E-state index in [2.05, 4.69) is 31.9 Å². The highest BCUT2D eigenvalue weighted by Gasteiger charge is 2.41. The van der Waals surface area contributed by atoms with Gasteiger partial charge in [0.25, 0.3) is 0 Å². The van der Waals surface area contributed by atoms with E-state index < -0.39 is 9.84 Å². The van der Waals surface area contributed by atoms with Gasteiger partial charge in [0.1, 0.15) is 4.66 Å². The van der Waals surface area contributed by atoms with Crippen molar-refractivity contribution < 1.29 is 8.42 Å². The number of hydrogen-bond donors (Lipinski definition) is 0. The molecule has 78 valence electrons. The first-order chi connectivity index (χ1) is 5.90. The van der Waals surface area contributed by atoms with Crippen LogP contribution in [0.3, 0.4) is 0 Å². The van der Waals surface area contributed by atoms with Gasteiger partial charge in [-0.25, -0.2) is 8.42 Å². The van der Waals surface area contributed by atoms with Crippen LogP contribution in [0.1, 0.15) is 32.6 Å². The van der Waals surface area contributed by atoms with Crippen LogP contribution in [-0.4, -0.2) is 22.7 Å². The summed E-state index contributed by atoms with van der Waals surface area (Å²) in [5.41, 5.74) is 0. The van der Waals surface area contributed by atoms with Gasteiger partial charge in [-0.1, -0.05) is 44.7 Å². The van der Waals surface area contributed by atoms with E-state index in [-0.39, 0.29) is 14.2 Å². The molecule has 1 rings (SSSR count). The summed E-state index contributed by atoms with van der Waals surface area (Å²) < 4.78 is 23.2. The largest absolute Gasteiger partial charge is 0.228 e. The third-order valence-electron chi connectivity index (χ3n) is 2.64. The van der Waals surface area contributed by atoms with E-state index in [0.717, 1.165) is 25.7 Å². The van der Waals surface area contributed by atoms with E-state index in [1.807, 2.05) is 6.92 Å². The van der Waals surface area contributed by atoms with Gasteiger partial charge in [-0.2, -0.15) is 0 Å². The van der Waals surface area contributed by atoms with Crippen LogP contribution in [0.25, 0.3) is 0 Å². The Bertz CT molecular complexity index is 272. The van der Waals surface area contributed by atoms with Crippen molar-refractivity contribution in [3.05, 3.63) is 0 Å². The van der Waals surface area contributed by atoms with Gasteiger partial charge < -0.3 is 0 Å². The lowest BCUT2D eigenvalue weighted by Gasteiger charge is -2.35. The monoisotopic (exact) mass is 332 g/mol. The van der Waals surface area contributed by atoms with Crippen molar-refractivity contribution in [3.8, 4) is 0 Å². The van der Waals surface area contributed by atoms with Crippen LogP contribution < -0.4 is 0 Å². The van der Waals surface area contributed by atoms with Crippen molar-refractivity contribution in [1.29, 1.82) is 0 Å². The molecule has 0 aromatic rings. The Balaban J connectivity index is 2.89. The maximum atomic E-state index is 11.7. The number of alkyl halides is 2. The van der Waals surface area contributed by atoms with E-state index in [1.54, 1.807) is 0 Å². The van der Waals surface area contributed by atoms with E-state index in [4.69, 9.17) is 0 Å². The number of sulfone groups is 1. The minimum Gasteiger partial charge on any atom is -0.228 e. The maximum absolute atomic E-state index is 11.7. The first-order valence-corrected chi connectivity index (χ1v) is 7.99. The lowest BCUT2D eigenvalue weighted by Crippen LogP contribution is -2.42. The van der Waals surface area contributed by atoms with Gasteiger partial charge >= 0.3 is 0 Å². The highest BCUT2D eigenvalue weighted by atomic mass is 79.9. The molecule has 2 unspecified atom stereocenters. The van der Waals surface area contributed by atoms with Gasteiger partial charge in [-0.3, -0.25) is 0 Å². The second-order valence-corrected chi connectivity index (χ2v) is 9.08. The fourth-order valence-corrected chi connectivity index (χ4v) is 5.76. The van der Waals surface area contributed by atoms with E-state index in [9.17, 15) is 8.42 Å². The summed E-state index contributed by atoms with van der Waals surface area (Å²) in [5, 5.41) is -0.229. The van der Waals surface area contributed by atoms with Gasteiger partial charge in [0.15, 0.2) is 9.84 Å². The maximum Gasteiger partial charge on any atom is 0.164 e. The lowest BCUT2D eigenvalue weighted by molar-refractivity contribution is 0.423. The average molecular weight is 334 g/mol. The second-order valence-electron chi connectivity index (χ2n) is 3.78. The molecule has 5 heteroatoms. The van der Waals surface area contributed by atoms with Crippen molar-refractivity contribution in [2.75, 3.05) is 4.66 Å². The van der Waals surface area contributed by atoms with Crippen molar-refractivity contribution in [1.82, 2.24) is 0 Å². The van der Waals surface area contributed by atoms with Crippen LogP contribution in [0.15, 0.2) is 0 Å². The van der Waals surface area contributed by atoms with Crippen molar-refractivity contribution in [3.63, 3.8) is 0 Å². The quantitative estimate of drug-likeness (QED) is 0.728. The summed E-state index contributed by atoms with van der Waals surface area (Å²) in [4.78, 5) is 0. The molecular weight excluding hydrogens is 320 g/mol. The topological polar surface area (TPSA) is 34.1 Å². The summed E-state index contributed by atoms with van der Waals surface area (Å²) in [7, 11) is -2.96. The molecule has 0 saturated heterocycles. The van der Waals surface area contributed by atoms with Crippen LogP contribution in [0.2, 0.25) is 0 Å². The zero-order valence-corrected chi connectivity index (χ0v) is 11.6. The SMILES string of the molecule is CC1(Br)CCCCC1S(=O)(=O)CBr. The Morgan fingerprint density at radius 2 is 2.08 bits per heavy atom. The third kappa shape index (κ3) is 2.69. The molecule has 0 bridgehead atoms. The smallest absolute Gasteiger partial charge is 0.164 e. The molecule has 1 fully saturated rings. The number of rotatable bonds is 2. The zero-order chi connectivity index (χ0) is 10.1. The standard InChI is InChI=1S/C8H14Br2O2S/c1-8(10)5-3-2-4-7(8)13(11,12)6-9/h7H,2-6H2,1H3. The van der Waals surface area contributed by atoms with E-state index in [1.165, 1.54) is 0 Å². The minimum atomic E-state index is -2.96. The average Bonchev–Trinajstić information content (AvgIpc) is 2.03. The minimum absolute atomic E-state index is 0.0753. The van der Waals surface area contributed by atoms with Crippen molar-refractivity contribution in [2.24, 2.45) is 0 Å². The third-order valence-corrected chi connectivity index (χ3v) is 7.73. The molecule has 0 amide bonds. The molecule has 1 aliphatic carbocycles. The molecule has 0 aromatic carbocycles. The Hall–Kier alpha value is 0.910. The highest BCUT2D eigenvalue weighted by Crippen LogP contribution is 2.40. The molecule has 2 nitrogen and oxygen atoms in total. The molecule has 0 aliphatic heterocycles. The Labute approximate surface area is 96.6 Å². The van der Waals surface area contributed by atoms with Crippen LogP contribution in [0.4, 0.5) is 0 Å². The van der Waals surface area contributed by atoms with Crippen LogP contribution >= 0.6 is 31.9 Å². The van der Waals surface area contributed by atoms with Crippen LogP contribution in [0.5, 0.6) is 0 Å². The van der Waals surface area contributed by atoms with E-state index >= 15 is 0 Å². The van der Waals surface area contributed by atoms with Gasteiger partial charge in [-0.15, -0.1) is 0 Å². The van der Waals surface area contributed by atoms with Gasteiger partial charge in [0.2, 0.25) is 0 Å². The van der Waals surface area contributed by atoms with Crippen molar-refractivity contribution in [2.45, 2.75) is 42.2 Å². The van der Waals surface area contributed by atoms with Crippen molar-refractivity contribution >= 4 is 41.7 Å². The Kier molecular flexibility index (Phi) is 3.86. The molecule has 1 saturated carbocycles. The summed E-state index contributed by atoms with van der Waals surface area (Å²) in [6.45, 7) is 1.98. The molecule has 0 aromatic heterocycles. The second kappa shape index (κ2) is 4.19. The Morgan fingerprint density at radius 3 is 2.54 bits per heavy atom. The number of halogens is 2. The molecule has 0 spiro atoms. The molecule has 0 radical (unpaired) electrons. The molecule has 2 atom stereocenters. The normalized spacial score (nSPS) is 36.1. The van der Waals surface area contributed by atoms with Gasteiger partial charge in [0.05, 0.1) is 5.25 Å². The first-order valence-electron chi connectivity index (χ1n) is 4.36. The van der Waals surface area contributed by atoms with Gasteiger partial charge in [0, 0.05) is 4.32 Å². The molecule has 0 heterocycles. The highest BCUT2D eigenvalue weighted by molar-refractivity contribution is 9.11. The molecule has 1 aliphatic rings. The predicted molar refractivity (Wildman–Crippen MR) is 62.3 cm³/mol. The fourth-order valence-electron chi connectivity index (χ4n) is 1.89. The van der Waals surface area contributed by atoms with Crippen LogP contribution in [0, 0.1) is 0 Å². The van der Waals surface area contributed by atoms with Gasteiger partial charge in [-0.05, 0) is 19.8 Å². The van der Waals surface area contributed by atoms with E-state index in [0.29, 0.717) is 0 Å². The first kappa shape index (κ1) is 12.0. The zero-order valence-electron chi connectivity index (χ0n) is 7.59. The Morgan fingerprint density at radius 1 is 1.46 bits per heavy atom. The van der Waals surface area contributed by atoms with Crippen LogP contribution in [-0.2, 0) is 9.84 Å². The lowest BCUT2D eigenvalue weighted by atomic mass is 9.90. The number of hydrogen-bond acceptors (Lipinski definition) is 2. The molecular formula is C8H14Br2O2S. The summed E-state index contributed by atoms with van der Waals surface area (Å²) in [5.74, 6) is 0. The fraction of sp³-hybridized carbons (Fsp3) is 1.00. The molecule has 13 heavy (non-hydrogen) atoms. The summed E-state index contributed by atoms with van der Waals surface area (Å²) in [6, 6.07) is 0. The summed E-state index contributed by atoms with van der Waals surface area (Å²) >= 11 is 6.58. The predicted octanol–water partition coefficient (Wildman–Crippen LogP) is 2.85. The summed E-state index contributed by atoms with van der Waals surface area (Å²) in [6.07, 6.45) is 3.88. The molecule has 0 N–H and O–H groups in total.